The van der Waals surface area contributed by atoms with Gasteiger partial charge in [-0.15, -0.1) is 0 Å². The van der Waals surface area contributed by atoms with Crippen LogP contribution in [-0.4, -0.2) is 92.2 Å². The molecule has 6 heterocycles. The molecule has 12 heteroatoms. The summed E-state index contributed by atoms with van der Waals surface area (Å²) in [6.07, 6.45) is 10.9. The first kappa shape index (κ1) is 37.8. The van der Waals surface area contributed by atoms with Gasteiger partial charge in [-0.2, -0.15) is 0 Å². The van der Waals surface area contributed by atoms with E-state index in [4.69, 9.17) is 4.98 Å². The Labute approximate surface area is 339 Å². The maximum absolute atomic E-state index is 13.2. The van der Waals surface area contributed by atoms with E-state index < -0.39 is 6.04 Å². The van der Waals surface area contributed by atoms with E-state index in [0.717, 1.165) is 91.1 Å². The first-order valence-corrected chi connectivity index (χ1v) is 20.8. The van der Waals surface area contributed by atoms with Crippen molar-refractivity contribution in [3.63, 3.8) is 0 Å². The van der Waals surface area contributed by atoms with Crippen molar-refractivity contribution >= 4 is 45.9 Å². The highest BCUT2D eigenvalue weighted by Gasteiger charge is 2.39. The van der Waals surface area contributed by atoms with Gasteiger partial charge in [0, 0.05) is 66.7 Å². The van der Waals surface area contributed by atoms with Crippen molar-refractivity contribution in [3.05, 3.63) is 107 Å². The Morgan fingerprint density at radius 3 is 2.43 bits per heavy atom. The van der Waals surface area contributed by atoms with Crippen molar-refractivity contribution in [2.45, 2.75) is 83.5 Å². The average molecular weight is 778 g/mol. The van der Waals surface area contributed by atoms with Gasteiger partial charge in [-0.05, 0) is 130 Å². The van der Waals surface area contributed by atoms with Crippen LogP contribution in [0, 0.1) is 6.92 Å². The van der Waals surface area contributed by atoms with Crippen molar-refractivity contribution in [1.82, 2.24) is 35.0 Å². The summed E-state index contributed by atoms with van der Waals surface area (Å²) in [6.45, 7) is 10.8. The van der Waals surface area contributed by atoms with Crippen LogP contribution < -0.4 is 16.0 Å². The van der Waals surface area contributed by atoms with Crippen molar-refractivity contribution in [1.29, 1.82) is 0 Å². The molecule has 3 fully saturated rings. The summed E-state index contributed by atoms with van der Waals surface area (Å²) in [6, 6.07) is 21.2. The molecule has 58 heavy (non-hydrogen) atoms. The normalized spacial score (nSPS) is 19.7. The number of amides is 3. The Kier molecular flexibility index (Phi) is 10.6. The number of piperidine rings is 3. The predicted octanol–water partition coefficient (Wildman–Crippen LogP) is 6.78. The molecular weight excluding hydrogens is 727 g/mol. The molecule has 2 aromatic heterocycles. The van der Waals surface area contributed by atoms with Crippen molar-refractivity contribution in [2.24, 2.45) is 0 Å². The van der Waals surface area contributed by atoms with Gasteiger partial charge in [0.05, 0.1) is 17.4 Å². The van der Waals surface area contributed by atoms with Gasteiger partial charge in [0.25, 0.3) is 5.91 Å². The van der Waals surface area contributed by atoms with Crippen LogP contribution in [0.4, 0.5) is 17.3 Å². The van der Waals surface area contributed by atoms with Crippen LogP contribution in [0.25, 0.3) is 22.0 Å². The molecule has 0 bridgehead atoms. The van der Waals surface area contributed by atoms with Crippen LogP contribution in [0.3, 0.4) is 0 Å². The van der Waals surface area contributed by atoms with E-state index in [1.54, 1.807) is 4.90 Å². The highest BCUT2D eigenvalue weighted by molar-refractivity contribution is 6.05. The number of nitrogens with zero attached hydrogens (tertiary/aromatic N) is 6. The minimum absolute atomic E-state index is 0.107. The Morgan fingerprint density at radius 2 is 1.66 bits per heavy atom. The lowest BCUT2D eigenvalue weighted by molar-refractivity contribution is -0.136. The average Bonchev–Trinajstić information content (AvgIpc) is 3.57. The van der Waals surface area contributed by atoms with E-state index in [9.17, 15) is 14.4 Å². The van der Waals surface area contributed by atoms with Gasteiger partial charge in [0.2, 0.25) is 17.8 Å². The quantitative estimate of drug-likeness (QED) is 0.130. The van der Waals surface area contributed by atoms with Crippen molar-refractivity contribution < 1.29 is 14.4 Å². The number of hydrogen-bond donors (Lipinski definition) is 3. The molecule has 5 aromatic rings. The Balaban J connectivity index is 0.745. The van der Waals surface area contributed by atoms with Gasteiger partial charge < -0.3 is 20.4 Å². The second-order valence-electron chi connectivity index (χ2n) is 16.3. The van der Waals surface area contributed by atoms with Gasteiger partial charge in [-0.3, -0.25) is 29.6 Å². The van der Waals surface area contributed by atoms with Crippen LogP contribution in [-0.2, 0) is 22.7 Å². The number of benzene rings is 3. The number of anilines is 3. The number of carbonyl (C=O) groups excluding carboxylic acids is 3. The molecule has 0 spiro atoms. The largest absolute Gasteiger partial charge is 0.384 e. The van der Waals surface area contributed by atoms with Gasteiger partial charge in [0.15, 0.2) is 0 Å². The minimum atomic E-state index is -0.577. The molecule has 0 aliphatic carbocycles. The smallest absolute Gasteiger partial charge is 0.255 e. The van der Waals surface area contributed by atoms with E-state index in [1.807, 2.05) is 24.7 Å². The van der Waals surface area contributed by atoms with Crippen molar-refractivity contribution in [3.8, 4) is 11.1 Å². The molecular formula is C46H51N9O3. The first-order chi connectivity index (χ1) is 28.3. The standard InChI is InChI=1S/C46H51N9O3/c1-3-48-41-26-47-25-39(29(41)2)33-6-7-34-24-49-46(51-40(34)23-33)50-36-9-4-30(5-10-36)27-53-18-16-37(17-19-53)54-20-14-31(15-21-54)32-8-11-38-35(22-32)28-55(45(38)58)42-12-13-43(56)52-44(42)57/h4-11,22-26,31,37,42,48H,3,12-21,27-28H2,1-2H3,(H,49,50,51)(H,52,56,57). The monoisotopic (exact) mass is 777 g/mol. The molecule has 3 saturated heterocycles. The van der Waals surface area contributed by atoms with E-state index in [2.05, 4.69) is 104 Å². The number of imide groups is 1. The summed E-state index contributed by atoms with van der Waals surface area (Å²) in [7, 11) is 0. The third-order valence-corrected chi connectivity index (χ3v) is 12.7. The maximum Gasteiger partial charge on any atom is 0.255 e. The van der Waals surface area contributed by atoms with Gasteiger partial charge in [0.1, 0.15) is 6.04 Å². The van der Waals surface area contributed by atoms with E-state index in [-0.39, 0.29) is 24.1 Å². The Bertz CT molecular complexity index is 2350. The fraction of sp³-hybridized carbons (Fsp3) is 0.391. The summed E-state index contributed by atoms with van der Waals surface area (Å²) < 4.78 is 0. The molecule has 0 radical (unpaired) electrons. The number of fused-ring (bicyclic) bond motifs is 2. The van der Waals surface area contributed by atoms with Crippen LogP contribution >= 0.6 is 0 Å². The number of nitrogens with one attached hydrogen (secondary N) is 3. The predicted molar refractivity (Wildman–Crippen MR) is 226 cm³/mol. The Morgan fingerprint density at radius 1 is 0.845 bits per heavy atom. The van der Waals surface area contributed by atoms with E-state index >= 15 is 0 Å². The first-order valence-electron chi connectivity index (χ1n) is 20.8. The fourth-order valence-electron chi connectivity index (χ4n) is 9.41. The van der Waals surface area contributed by atoms with Gasteiger partial charge in [-0.25, -0.2) is 9.97 Å². The summed E-state index contributed by atoms with van der Waals surface area (Å²) in [5.41, 5.74) is 10.5. The zero-order chi connectivity index (χ0) is 39.8. The second-order valence-corrected chi connectivity index (χ2v) is 16.3. The molecule has 12 nitrogen and oxygen atoms in total. The summed E-state index contributed by atoms with van der Waals surface area (Å²) in [5, 5.41) is 10.2. The topological polar surface area (TPSA) is 136 Å². The highest BCUT2D eigenvalue weighted by Crippen LogP contribution is 2.35. The number of hydrogen-bond acceptors (Lipinski definition) is 10. The lowest BCUT2D eigenvalue weighted by Gasteiger charge is -2.42. The molecule has 4 aliphatic heterocycles. The van der Waals surface area contributed by atoms with Crippen LogP contribution in [0.15, 0.2) is 79.3 Å². The molecule has 4 aliphatic rings. The molecule has 9 rings (SSSR count). The van der Waals surface area contributed by atoms with E-state index in [0.29, 0.717) is 36.4 Å². The van der Waals surface area contributed by atoms with Crippen molar-refractivity contribution in [2.75, 3.05) is 43.4 Å². The summed E-state index contributed by atoms with van der Waals surface area (Å²) in [4.78, 5) is 58.1. The SMILES string of the molecule is CCNc1cncc(-c2ccc3cnc(Nc4ccc(CN5CCC(N6CCC(c7ccc8c(c7)CN(C7CCC(=O)NC7=O)C8=O)CC6)CC5)cc4)nc3c2)c1C. The number of pyridine rings is 1. The lowest BCUT2D eigenvalue weighted by atomic mass is 9.86. The van der Waals surface area contributed by atoms with Crippen LogP contribution in [0.5, 0.6) is 0 Å². The zero-order valence-corrected chi connectivity index (χ0v) is 33.3. The molecule has 3 amide bonds. The molecule has 3 N–H and O–H groups in total. The number of carbonyl (C=O) groups is 3. The molecule has 298 valence electrons. The molecule has 0 saturated carbocycles. The van der Waals surface area contributed by atoms with E-state index in [1.165, 1.54) is 29.5 Å². The molecule has 3 aromatic carbocycles. The number of rotatable bonds is 10. The minimum Gasteiger partial charge on any atom is -0.384 e. The maximum atomic E-state index is 13.2. The molecule has 1 unspecified atom stereocenters. The number of aromatic nitrogens is 3. The third-order valence-electron chi connectivity index (χ3n) is 12.7. The summed E-state index contributed by atoms with van der Waals surface area (Å²) >= 11 is 0. The van der Waals surface area contributed by atoms with Crippen LogP contribution in [0.1, 0.15) is 84.0 Å². The van der Waals surface area contributed by atoms with Gasteiger partial charge in [-0.1, -0.05) is 36.4 Å². The second kappa shape index (κ2) is 16.3. The fourth-order valence-corrected chi connectivity index (χ4v) is 9.41. The summed E-state index contributed by atoms with van der Waals surface area (Å²) in [5.74, 6) is 0.308. The third kappa shape index (κ3) is 7.78. The zero-order valence-electron chi connectivity index (χ0n) is 33.3. The lowest BCUT2D eigenvalue weighted by Crippen LogP contribution is -2.52. The number of likely N-dealkylation sites (tertiary alicyclic amines) is 2. The van der Waals surface area contributed by atoms with Gasteiger partial charge >= 0.3 is 0 Å². The Hall–Kier alpha value is -5.72. The van der Waals surface area contributed by atoms with Crippen LogP contribution in [0.2, 0.25) is 0 Å². The highest BCUT2D eigenvalue weighted by atomic mass is 16.2. The molecule has 1 atom stereocenters.